The zero-order valence-electron chi connectivity index (χ0n) is 20.2. The van der Waals surface area contributed by atoms with Crippen molar-refractivity contribution in [3.05, 3.63) is 107 Å². The monoisotopic (exact) mass is 520 g/mol. The standard InChI is InChI=1S/C27H28N4O5S/c32-27(29-19-17-28(18-20-29)16-8-11-23-9-3-1-4-10-23)22-30(24-12-7-13-25(21-24)31(33)34)37(35,36)26-14-5-2-6-15-26/h1-15,21H,16-20,22H2/b11-8+. The molecule has 37 heavy (non-hydrogen) atoms. The number of non-ortho nitro benzene ring substituents is 1. The summed E-state index contributed by atoms with van der Waals surface area (Å²) in [6.45, 7) is 2.55. The van der Waals surface area contributed by atoms with Crippen molar-refractivity contribution in [1.29, 1.82) is 0 Å². The van der Waals surface area contributed by atoms with Crippen molar-refractivity contribution < 1.29 is 18.1 Å². The molecule has 1 aliphatic rings. The molecule has 1 heterocycles. The first kappa shape index (κ1) is 26.1. The molecule has 10 heteroatoms. The largest absolute Gasteiger partial charge is 0.339 e. The summed E-state index contributed by atoms with van der Waals surface area (Å²) in [6, 6.07) is 23.1. The smallest absolute Gasteiger partial charge is 0.271 e. The summed E-state index contributed by atoms with van der Waals surface area (Å²) in [7, 11) is -4.14. The molecule has 0 radical (unpaired) electrons. The fourth-order valence-corrected chi connectivity index (χ4v) is 5.53. The fourth-order valence-electron chi connectivity index (χ4n) is 4.10. The number of nitro benzene ring substituents is 1. The topological polar surface area (TPSA) is 104 Å². The summed E-state index contributed by atoms with van der Waals surface area (Å²) in [5.41, 5.74) is 0.934. The highest BCUT2D eigenvalue weighted by atomic mass is 32.2. The van der Waals surface area contributed by atoms with Gasteiger partial charge in [0.25, 0.3) is 15.7 Å². The van der Waals surface area contributed by atoms with Crippen LogP contribution in [0.25, 0.3) is 6.08 Å². The minimum Gasteiger partial charge on any atom is -0.339 e. The highest BCUT2D eigenvalue weighted by molar-refractivity contribution is 7.92. The van der Waals surface area contributed by atoms with Crippen LogP contribution < -0.4 is 4.31 Å². The molecule has 1 aliphatic heterocycles. The van der Waals surface area contributed by atoms with Crippen molar-refractivity contribution >= 4 is 33.4 Å². The SMILES string of the molecule is O=C(CN(c1cccc([N+](=O)[O-])c1)S(=O)(=O)c1ccccc1)N1CCN(C/C=C/c2ccccc2)CC1. The molecule has 1 fully saturated rings. The molecule has 4 rings (SSSR count). The van der Waals surface area contributed by atoms with E-state index in [4.69, 9.17) is 0 Å². The summed E-state index contributed by atoms with van der Waals surface area (Å²) >= 11 is 0. The van der Waals surface area contributed by atoms with Gasteiger partial charge < -0.3 is 4.90 Å². The van der Waals surface area contributed by atoms with E-state index in [0.717, 1.165) is 16.4 Å². The van der Waals surface area contributed by atoms with Gasteiger partial charge in [0, 0.05) is 44.9 Å². The molecule has 0 saturated carbocycles. The van der Waals surface area contributed by atoms with Crippen molar-refractivity contribution in [3.8, 4) is 0 Å². The zero-order valence-corrected chi connectivity index (χ0v) is 21.0. The predicted octanol–water partition coefficient (Wildman–Crippen LogP) is 3.65. The molecule has 9 nitrogen and oxygen atoms in total. The van der Waals surface area contributed by atoms with Gasteiger partial charge in [-0.25, -0.2) is 8.42 Å². The van der Waals surface area contributed by atoms with E-state index in [-0.39, 0.29) is 22.2 Å². The quantitative estimate of drug-likeness (QED) is 0.315. The maximum absolute atomic E-state index is 13.5. The second kappa shape index (κ2) is 11.8. The van der Waals surface area contributed by atoms with Crippen molar-refractivity contribution in [3.63, 3.8) is 0 Å². The van der Waals surface area contributed by atoms with E-state index in [9.17, 15) is 23.3 Å². The minimum absolute atomic E-state index is 0.00401. The van der Waals surface area contributed by atoms with Crippen LogP contribution in [-0.2, 0) is 14.8 Å². The van der Waals surface area contributed by atoms with Crippen molar-refractivity contribution in [2.75, 3.05) is 43.6 Å². The van der Waals surface area contributed by atoms with Gasteiger partial charge in [-0.2, -0.15) is 0 Å². The number of carbonyl (C=O) groups is 1. The number of hydrogen-bond acceptors (Lipinski definition) is 6. The van der Waals surface area contributed by atoms with Gasteiger partial charge in [0.1, 0.15) is 6.54 Å². The van der Waals surface area contributed by atoms with Gasteiger partial charge in [-0.3, -0.25) is 24.1 Å². The Hall–Kier alpha value is -4.02. The van der Waals surface area contributed by atoms with Crippen LogP contribution in [0.3, 0.4) is 0 Å². The third-order valence-electron chi connectivity index (χ3n) is 6.14. The molecule has 192 valence electrons. The number of benzene rings is 3. The van der Waals surface area contributed by atoms with Crippen LogP contribution in [0, 0.1) is 10.1 Å². The molecule has 0 aromatic heterocycles. The summed E-state index contributed by atoms with van der Waals surface area (Å²) in [6.07, 6.45) is 4.15. The Balaban J connectivity index is 1.46. The fraction of sp³-hybridized carbons (Fsp3) is 0.222. The van der Waals surface area contributed by atoms with E-state index in [2.05, 4.69) is 17.1 Å². The number of amides is 1. The highest BCUT2D eigenvalue weighted by Gasteiger charge is 2.30. The lowest BCUT2D eigenvalue weighted by molar-refractivity contribution is -0.384. The lowest BCUT2D eigenvalue weighted by Gasteiger charge is -2.35. The molecule has 1 amide bonds. The van der Waals surface area contributed by atoms with Crippen LogP contribution in [0.5, 0.6) is 0 Å². The molecular formula is C27H28N4O5S. The molecule has 3 aromatic rings. The van der Waals surface area contributed by atoms with E-state index in [0.29, 0.717) is 26.2 Å². The van der Waals surface area contributed by atoms with Gasteiger partial charge in [0.05, 0.1) is 15.5 Å². The Morgan fingerprint density at radius 2 is 1.57 bits per heavy atom. The summed E-state index contributed by atoms with van der Waals surface area (Å²) in [5, 5.41) is 11.3. The number of nitrogens with zero attached hydrogens (tertiary/aromatic N) is 4. The Morgan fingerprint density at radius 3 is 2.22 bits per heavy atom. The van der Waals surface area contributed by atoms with Gasteiger partial charge in [-0.1, -0.05) is 66.7 Å². The van der Waals surface area contributed by atoms with E-state index in [1.54, 1.807) is 23.1 Å². The molecule has 0 bridgehead atoms. The van der Waals surface area contributed by atoms with Crippen molar-refractivity contribution in [2.45, 2.75) is 4.90 Å². The van der Waals surface area contributed by atoms with E-state index >= 15 is 0 Å². The van der Waals surface area contributed by atoms with Gasteiger partial charge in [0.2, 0.25) is 5.91 Å². The zero-order chi connectivity index (χ0) is 26.3. The molecule has 0 N–H and O–H groups in total. The van der Waals surface area contributed by atoms with Crippen LogP contribution in [0.15, 0.2) is 95.9 Å². The third-order valence-corrected chi connectivity index (χ3v) is 7.93. The molecule has 0 spiro atoms. The van der Waals surface area contributed by atoms with Crippen LogP contribution in [-0.4, -0.2) is 68.3 Å². The third kappa shape index (κ3) is 6.60. The van der Waals surface area contributed by atoms with Crippen LogP contribution >= 0.6 is 0 Å². The van der Waals surface area contributed by atoms with E-state index in [1.165, 1.54) is 36.4 Å². The molecule has 0 aliphatic carbocycles. The predicted molar refractivity (Wildman–Crippen MR) is 143 cm³/mol. The number of anilines is 1. The number of nitro groups is 1. The van der Waals surface area contributed by atoms with Gasteiger partial charge >= 0.3 is 0 Å². The number of rotatable bonds is 9. The van der Waals surface area contributed by atoms with Crippen molar-refractivity contribution in [2.24, 2.45) is 0 Å². The summed E-state index contributed by atoms with van der Waals surface area (Å²) in [4.78, 5) is 27.8. The second-order valence-corrected chi connectivity index (χ2v) is 10.5. The van der Waals surface area contributed by atoms with Gasteiger partial charge in [-0.15, -0.1) is 0 Å². The summed E-state index contributed by atoms with van der Waals surface area (Å²) in [5.74, 6) is -0.356. The Labute approximate surface area is 216 Å². The lowest BCUT2D eigenvalue weighted by atomic mass is 10.2. The van der Waals surface area contributed by atoms with Crippen LogP contribution in [0.2, 0.25) is 0 Å². The van der Waals surface area contributed by atoms with Crippen LogP contribution in [0.4, 0.5) is 11.4 Å². The van der Waals surface area contributed by atoms with Gasteiger partial charge in [0.15, 0.2) is 0 Å². The van der Waals surface area contributed by atoms with Gasteiger partial charge in [-0.05, 0) is 23.8 Å². The number of piperazine rings is 1. The highest BCUT2D eigenvalue weighted by Crippen LogP contribution is 2.27. The lowest BCUT2D eigenvalue weighted by Crippen LogP contribution is -2.51. The Kier molecular flexibility index (Phi) is 8.32. The average molecular weight is 521 g/mol. The molecule has 3 aromatic carbocycles. The van der Waals surface area contributed by atoms with Crippen molar-refractivity contribution in [1.82, 2.24) is 9.80 Å². The Morgan fingerprint density at radius 1 is 0.919 bits per heavy atom. The first-order chi connectivity index (χ1) is 17.8. The number of carbonyl (C=O) groups excluding carboxylic acids is 1. The van der Waals surface area contributed by atoms with E-state index < -0.39 is 21.5 Å². The molecule has 0 unspecified atom stereocenters. The first-order valence-electron chi connectivity index (χ1n) is 11.9. The molecule has 1 saturated heterocycles. The maximum atomic E-state index is 13.5. The normalized spacial score (nSPS) is 14.5. The number of hydrogen-bond donors (Lipinski definition) is 0. The molecular weight excluding hydrogens is 492 g/mol. The van der Waals surface area contributed by atoms with Crippen LogP contribution in [0.1, 0.15) is 5.56 Å². The second-order valence-electron chi connectivity index (χ2n) is 8.60. The molecule has 0 atom stereocenters. The maximum Gasteiger partial charge on any atom is 0.271 e. The average Bonchev–Trinajstić information content (AvgIpc) is 2.93. The van der Waals surface area contributed by atoms with E-state index in [1.807, 2.05) is 30.3 Å². The Bertz CT molecular complexity index is 1360. The minimum atomic E-state index is -4.14. The first-order valence-corrected chi connectivity index (χ1v) is 13.3. The number of sulfonamides is 1. The summed E-state index contributed by atoms with van der Waals surface area (Å²) < 4.78 is 27.9.